The molecular weight excluding hydrogens is 925 g/mol. The van der Waals surface area contributed by atoms with Gasteiger partial charge in [-0.25, -0.2) is 0 Å². The summed E-state index contributed by atoms with van der Waals surface area (Å²) in [6, 6.07) is 0. The minimum Gasteiger partial charge on any atom is -0.462 e. The summed E-state index contributed by atoms with van der Waals surface area (Å²) in [5, 5.41) is 0. The van der Waals surface area contributed by atoms with Crippen LogP contribution in [0.5, 0.6) is 0 Å². The van der Waals surface area contributed by atoms with Crippen molar-refractivity contribution < 1.29 is 28.6 Å². The Kier molecular flexibility index (Phi) is 58.9. The zero-order valence-corrected chi connectivity index (χ0v) is 48.8. The highest BCUT2D eigenvalue weighted by Crippen LogP contribution is 2.16. The third-order valence-electron chi connectivity index (χ3n) is 13.0. The zero-order valence-electron chi connectivity index (χ0n) is 48.8. The Labute approximate surface area is 462 Å². The van der Waals surface area contributed by atoms with Crippen molar-refractivity contribution in [3.05, 3.63) is 122 Å². The van der Waals surface area contributed by atoms with E-state index in [0.29, 0.717) is 19.3 Å². The molecule has 0 aromatic heterocycles. The second-order valence-corrected chi connectivity index (χ2v) is 20.2. The molecule has 0 aliphatic heterocycles. The lowest BCUT2D eigenvalue weighted by Gasteiger charge is -2.18. The molecule has 75 heavy (non-hydrogen) atoms. The van der Waals surface area contributed by atoms with Gasteiger partial charge >= 0.3 is 17.9 Å². The summed E-state index contributed by atoms with van der Waals surface area (Å²) in [4.78, 5) is 37.9. The first-order valence-corrected chi connectivity index (χ1v) is 31.0. The van der Waals surface area contributed by atoms with Crippen LogP contribution in [0.4, 0.5) is 0 Å². The fraction of sp³-hybridized carbons (Fsp3) is 0.667. The van der Waals surface area contributed by atoms with E-state index in [0.717, 1.165) is 141 Å². The number of allylic oxidation sites excluding steroid dienone is 20. The lowest BCUT2D eigenvalue weighted by molar-refractivity contribution is -0.167. The first-order valence-electron chi connectivity index (χ1n) is 31.0. The van der Waals surface area contributed by atoms with Gasteiger partial charge in [0.2, 0.25) is 0 Å². The second kappa shape index (κ2) is 62.4. The van der Waals surface area contributed by atoms with Crippen LogP contribution in [0.2, 0.25) is 0 Å². The van der Waals surface area contributed by atoms with Crippen LogP contribution in [0.15, 0.2) is 122 Å². The van der Waals surface area contributed by atoms with Gasteiger partial charge in [0.05, 0.1) is 0 Å². The normalized spacial score (nSPS) is 12.9. The molecule has 0 aliphatic rings. The van der Waals surface area contributed by atoms with E-state index in [1.54, 1.807) is 0 Å². The van der Waals surface area contributed by atoms with Crippen molar-refractivity contribution in [3.63, 3.8) is 0 Å². The Morgan fingerprint density at radius 1 is 0.280 bits per heavy atom. The van der Waals surface area contributed by atoms with Gasteiger partial charge in [-0.1, -0.05) is 271 Å². The quantitative estimate of drug-likeness (QED) is 0.0261. The van der Waals surface area contributed by atoms with Gasteiger partial charge in [-0.05, 0) is 109 Å². The Morgan fingerprint density at radius 3 is 0.813 bits per heavy atom. The number of unbranched alkanes of at least 4 members (excludes halogenated alkanes) is 24. The van der Waals surface area contributed by atoms with E-state index < -0.39 is 6.10 Å². The summed E-state index contributed by atoms with van der Waals surface area (Å²) in [6.45, 7) is 6.32. The van der Waals surface area contributed by atoms with Gasteiger partial charge in [0.15, 0.2) is 6.10 Å². The Hall–Kier alpha value is -4.19. The predicted octanol–water partition coefficient (Wildman–Crippen LogP) is 21.2. The molecule has 0 radical (unpaired) electrons. The monoisotopic (exact) mass is 1040 g/mol. The number of ether oxygens (including phenoxy) is 3. The molecule has 0 amide bonds. The third-order valence-corrected chi connectivity index (χ3v) is 13.0. The van der Waals surface area contributed by atoms with E-state index in [1.165, 1.54) is 96.3 Å². The Morgan fingerprint density at radius 2 is 0.520 bits per heavy atom. The second-order valence-electron chi connectivity index (χ2n) is 20.2. The molecule has 0 spiro atoms. The first-order chi connectivity index (χ1) is 37.0. The molecule has 0 aliphatic carbocycles. The predicted molar refractivity (Wildman–Crippen MR) is 325 cm³/mol. The Balaban J connectivity index is 4.03. The Bertz CT molecular complexity index is 1570. The van der Waals surface area contributed by atoms with Crippen molar-refractivity contribution in [1.82, 2.24) is 0 Å². The van der Waals surface area contributed by atoms with Crippen molar-refractivity contribution in [2.75, 3.05) is 13.2 Å². The van der Waals surface area contributed by atoms with Crippen molar-refractivity contribution >= 4 is 17.9 Å². The fourth-order valence-corrected chi connectivity index (χ4v) is 8.38. The van der Waals surface area contributed by atoms with E-state index in [9.17, 15) is 14.4 Å². The molecule has 0 aromatic carbocycles. The highest BCUT2D eigenvalue weighted by atomic mass is 16.6. The number of rotatable bonds is 55. The number of hydrogen-bond acceptors (Lipinski definition) is 6. The zero-order chi connectivity index (χ0) is 54.3. The van der Waals surface area contributed by atoms with Gasteiger partial charge in [0.1, 0.15) is 13.2 Å². The molecule has 1 unspecified atom stereocenters. The third kappa shape index (κ3) is 60.6. The van der Waals surface area contributed by atoms with Crippen LogP contribution < -0.4 is 0 Å². The molecule has 6 heteroatoms. The molecule has 1 atom stereocenters. The smallest absolute Gasteiger partial charge is 0.306 e. The van der Waals surface area contributed by atoms with Crippen molar-refractivity contribution in [3.8, 4) is 0 Å². The van der Waals surface area contributed by atoms with Gasteiger partial charge < -0.3 is 14.2 Å². The average Bonchev–Trinajstić information content (AvgIpc) is 3.41. The topological polar surface area (TPSA) is 78.9 Å². The number of carbonyl (C=O) groups excluding carboxylic acids is 3. The van der Waals surface area contributed by atoms with Gasteiger partial charge in [0, 0.05) is 19.3 Å². The van der Waals surface area contributed by atoms with Crippen molar-refractivity contribution in [2.24, 2.45) is 0 Å². The summed E-state index contributed by atoms with van der Waals surface area (Å²) in [5.74, 6) is -0.911. The number of carbonyl (C=O) groups is 3. The summed E-state index contributed by atoms with van der Waals surface area (Å²) in [6.07, 6.45) is 86.8. The molecule has 0 aromatic rings. The minimum atomic E-state index is -0.784. The molecule has 0 fully saturated rings. The van der Waals surface area contributed by atoms with E-state index in [-0.39, 0.29) is 31.1 Å². The van der Waals surface area contributed by atoms with Crippen LogP contribution in [-0.4, -0.2) is 37.2 Å². The average molecular weight is 1040 g/mol. The SMILES string of the molecule is CC/C=C\C/C=C\C/C=C\C/C=C\C/C=C\C/C=C\CCCCCCCCCCCCCCCCC(=O)OCC(COC(=O)CCCCCCC)OC(=O)CCCCCCCC/C=C\C/C=C\C/C=C\C/C=C\CC. The first kappa shape index (κ1) is 70.8. The fourth-order valence-electron chi connectivity index (χ4n) is 8.38. The lowest BCUT2D eigenvalue weighted by Crippen LogP contribution is -2.30. The van der Waals surface area contributed by atoms with Gasteiger partial charge in [-0.2, -0.15) is 0 Å². The van der Waals surface area contributed by atoms with Gasteiger partial charge in [-0.15, -0.1) is 0 Å². The molecule has 6 nitrogen and oxygen atoms in total. The molecular formula is C69H114O6. The maximum Gasteiger partial charge on any atom is 0.306 e. The van der Waals surface area contributed by atoms with Crippen LogP contribution >= 0.6 is 0 Å². The van der Waals surface area contributed by atoms with Gasteiger partial charge in [0.25, 0.3) is 0 Å². The van der Waals surface area contributed by atoms with Crippen LogP contribution in [-0.2, 0) is 28.6 Å². The maximum absolute atomic E-state index is 12.8. The number of esters is 3. The largest absolute Gasteiger partial charge is 0.462 e. The van der Waals surface area contributed by atoms with E-state index >= 15 is 0 Å². The molecule has 426 valence electrons. The van der Waals surface area contributed by atoms with Crippen molar-refractivity contribution in [2.45, 2.75) is 284 Å². The number of hydrogen-bond donors (Lipinski definition) is 0. The summed E-state index contributed by atoms with van der Waals surface area (Å²) < 4.78 is 16.7. The van der Waals surface area contributed by atoms with E-state index in [1.807, 2.05) is 0 Å². The molecule has 0 heterocycles. The van der Waals surface area contributed by atoms with Crippen molar-refractivity contribution in [1.29, 1.82) is 0 Å². The van der Waals surface area contributed by atoms with E-state index in [4.69, 9.17) is 14.2 Å². The molecule has 0 saturated carbocycles. The van der Waals surface area contributed by atoms with Crippen LogP contribution in [0.1, 0.15) is 278 Å². The molecule has 0 saturated heterocycles. The van der Waals surface area contributed by atoms with Crippen LogP contribution in [0.3, 0.4) is 0 Å². The molecule has 0 bridgehead atoms. The van der Waals surface area contributed by atoms with Gasteiger partial charge in [-0.3, -0.25) is 14.4 Å². The van der Waals surface area contributed by atoms with E-state index in [2.05, 4.69) is 142 Å². The molecule has 0 rings (SSSR count). The maximum atomic E-state index is 12.8. The van der Waals surface area contributed by atoms with Crippen LogP contribution in [0, 0.1) is 0 Å². The minimum absolute atomic E-state index is 0.0846. The molecule has 0 N–H and O–H groups in total. The standard InChI is InChI=1S/C69H114O6/c1-4-7-10-13-15-17-19-21-23-25-27-28-29-30-31-32-33-34-35-36-37-38-39-40-42-43-45-47-49-51-53-56-59-62-68(71)74-65-66(64-73-67(70)61-58-55-12-9-6-3)75-69(72)63-60-57-54-52-50-48-46-44-41-26-24-22-20-18-16-14-11-8-5-2/h7-8,10-11,15-18,21-24,27-28,30-31,33-34,41,44,66H,4-6,9,12-14,19-20,25-26,29,32,35-40,42-43,45-65H2,1-3H3/b10-7-,11-8-,17-15-,18-16-,23-21-,24-22-,28-27-,31-30-,34-33-,44-41-. The van der Waals surface area contributed by atoms with Crippen LogP contribution in [0.25, 0.3) is 0 Å². The lowest BCUT2D eigenvalue weighted by atomic mass is 10.0. The highest BCUT2D eigenvalue weighted by molar-refractivity contribution is 5.71. The summed E-state index contributed by atoms with van der Waals surface area (Å²) >= 11 is 0. The summed E-state index contributed by atoms with van der Waals surface area (Å²) in [5.41, 5.74) is 0. The summed E-state index contributed by atoms with van der Waals surface area (Å²) in [7, 11) is 0. The highest BCUT2D eigenvalue weighted by Gasteiger charge is 2.19.